The zero-order chi connectivity index (χ0) is 13.8. The number of hydrogen-bond acceptors (Lipinski definition) is 4. The lowest BCUT2D eigenvalue weighted by Crippen LogP contribution is -2.50. The number of nitrogens with one attached hydrogen (secondary N) is 1. The van der Waals surface area contributed by atoms with Crippen LogP contribution in [0.1, 0.15) is 23.4 Å². The lowest BCUT2D eigenvalue weighted by Gasteiger charge is -2.37. The fourth-order valence-electron chi connectivity index (χ4n) is 3.12. The Balaban J connectivity index is 0.00000161. The highest BCUT2D eigenvalue weighted by Gasteiger charge is 2.25. The number of rotatable bonds is 3. The zero-order valence-electron chi connectivity index (χ0n) is 12.3. The molecule has 0 aliphatic carbocycles. The van der Waals surface area contributed by atoms with Crippen LogP contribution in [0.3, 0.4) is 0 Å². The minimum absolute atomic E-state index is 0. The third kappa shape index (κ3) is 4.22. The minimum atomic E-state index is 0. The van der Waals surface area contributed by atoms with Crippen molar-refractivity contribution in [2.75, 3.05) is 45.8 Å². The maximum atomic E-state index is 12.2. The van der Waals surface area contributed by atoms with Gasteiger partial charge in [0, 0.05) is 32.7 Å². The van der Waals surface area contributed by atoms with Crippen LogP contribution in [0.4, 0.5) is 0 Å². The smallest absolute Gasteiger partial charge is 0.289 e. The number of carbonyl (C=O) groups excluding carboxylic acids is 1. The maximum absolute atomic E-state index is 12.2. The molecule has 2 aliphatic heterocycles. The van der Waals surface area contributed by atoms with E-state index in [1.54, 1.807) is 18.4 Å². The molecule has 1 aromatic rings. The Morgan fingerprint density at radius 3 is 2.57 bits per heavy atom. The molecule has 3 heterocycles. The van der Waals surface area contributed by atoms with E-state index in [4.69, 9.17) is 4.42 Å². The summed E-state index contributed by atoms with van der Waals surface area (Å²) in [6.45, 7) is 7.08. The third-order valence-electron chi connectivity index (χ3n) is 4.37. The number of piperazine rings is 1. The van der Waals surface area contributed by atoms with E-state index < -0.39 is 0 Å². The molecule has 0 radical (unpaired) electrons. The second kappa shape index (κ2) is 7.82. The van der Waals surface area contributed by atoms with Crippen LogP contribution >= 0.6 is 12.4 Å². The Bertz CT molecular complexity index is 424. The molecular formula is C15H24ClN3O2. The van der Waals surface area contributed by atoms with Crippen molar-refractivity contribution in [3.63, 3.8) is 0 Å². The van der Waals surface area contributed by atoms with Gasteiger partial charge in [-0.15, -0.1) is 12.4 Å². The van der Waals surface area contributed by atoms with Gasteiger partial charge in [-0.1, -0.05) is 0 Å². The molecule has 2 aliphatic rings. The molecule has 0 atom stereocenters. The first kappa shape index (κ1) is 16.3. The number of carbonyl (C=O) groups is 1. The molecule has 21 heavy (non-hydrogen) atoms. The number of furan rings is 1. The van der Waals surface area contributed by atoms with Gasteiger partial charge in [0.25, 0.3) is 5.91 Å². The summed E-state index contributed by atoms with van der Waals surface area (Å²) in [7, 11) is 0. The Labute approximate surface area is 132 Å². The predicted octanol–water partition coefficient (Wildman–Crippen LogP) is 1.46. The molecule has 6 heteroatoms. The van der Waals surface area contributed by atoms with Crippen LogP contribution in [-0.2, 0) is 0 Å². The molecule has 2 fully saturated rings. The van der Waals surface area contributed by atoms with Gasteiger partial charge in [0.05, 0.1) is 6.26 Å². The first-order valence-electron chi connectivity index (χ1n) is 7.59. The van der Waals surface area contributed by atoms with Crippen molar-refractivity contribution >= 4 is 18.3 Å². The van der Waals surface area contributed by atoms with Crippen molar-refractivity contribution in [3.8, 4) is 0 Å². The Morgan fingerprint density at radius 1 is 1.24 bits per heavy atom. The fraction of sp³-hybridized carbons (Fsp3) is 0.667. The lowest BCUT2D eigenvalue weighted by atomic mass is 9.97. The van der Waals surface area contributed by atoms with Crippen LogP contribution in [0.15, 0.2) is 22.8 Å². The largest absolute Gasteiger partial charge is 0.459 e. The Morgan fingerprint density at radius 2 is 1.95 bits per heavy atom. The lowest BCUT2D eigenvalue weighted by molar-refractivity contribution is 0.0579. The number of amides is 1. The van der Waals surface area contributed by atoms with Crippen molar-refractivity contribution < 1.29 is 9.21 Å². The van der Waals surface area contributed by atoms with Gasteiger partial charge in [-0.05, 0) is 44.0 Å². The summed E-state index contributed by atoms with van der Waals surface area (Å²) in [4.78, 5) is 16.6. The Hall–Kier alpha value is -1.04. The van der Waals surface area contributed by atoms with Crippen molar-refractivity contribution in [2.45, 2.75) is 12.8 Å². The molecule has 0 saturated carbocycles. The van der Waals surface area contributed by atoms with Crippen molar-refractivity contribution in [1.29, 1.82) is 0 Å². The van der Waals surface area contributed by atoms with Gasteiger partial charge in [-0.25, -0.2) is 0 Å². The molecule has 1 N–H and O–H groups in total. The normalized spacial score (nSPS) is 21.0. The molecule has 5 nitrogen and oxygen atoms in total. The van der Waals surface area contributed by atoms with Gasteiger partial charge >= 0.3 is 0 Å². The van der Waals surface area contributed by atoms with Crippen molar-refractivity contribution in [3.05, 3.63) is 24.2 Å². The summed E-state index contributed by atoms with van der Waals surface area (Å²) in [6, 6.07) is 3.50. The third-order valence-corrected chi connectivity index (χ3v) is 4.37. The van der Waals surface area contributed by atoms with Crippen LogP contribution in [0.25, 0.3) is 0 Å². The number of piperidine rings is 1. The summed E-state index contributed by atoms with van der Waals surface area (Å²) in [5.41, 5.74) is 0. The van der Waals surface area contributed by atoms with E-state index in [0.717, 1.165) is 45.2 Å². The van der Waals surface area contributed by atoms with E-state index in [1.807, 2.05) is 4.90 Å². The molecule has 3 rings (SSSR count). The molecular weight excluding hydrogens is 290 g/mol. The van der Waals surface area contributed by atoms with Crippen LogP contribution in [0, 0.1) is 5.92 Å². The molecule has 0 unspecified atom stereocenters. The number of halogens is 1. The van der Waals surface area contributed by atoms with E-state index in [1.165, 1.54) is 19.4 Å². The molecule has 1 amide bonds. The second-order valence-corrected chi connectivity index (χ2v) is 5.76. The first-order valence-corrected chi connectivity index (χ1v) is 7.59. The van der Waals surface area contributed by atoms with Gasteiger partial charge in [0.2, 0.25) is 0 Å². The number of nitrogens with zero attached hydrogens (tertiary/aromatic N) is 2. The van der Waals surface area contributed by atoms with Gasteiger partial charge in [0.15, 0.2) is 5.76 Å². The standard InChI is InChI=1S/C15H23N3O2.ClH/c19-15(14-2-1-11-20-14)18-9-7-17(8-10-18)12-13-3-5-16-6-4-13;/h1-2,11,13,16H,3-10,12H2;1H. The second-order valence-electron chi connectivity index (χ2n) is 5.76. The van der Waals surface area contributed by atoms with Gasteiger partial charge in [-0.3, -0.25) is 9.69 Å². The van der Waals surface area contributed by atoms with E-state index in [0.29, 0.717) is 5.76 Å². The fourth-order valence-corrected chi connectivity index (χ4v) is 3.12. The quantitative estimate of drug-likeness (QED) is 0.918. The van der Waals surface area contributed by atoms with E-state index in [-0.39, 0.29) is 18.3 Å². The number of hydrogen-bond donors (Lipinski definition) is 1. The minimum Gasteiger partial charge on any atom is -0.459 e. The topological polar surface area (TPSA) is 48.7 Å². The van der Waals surface area contributed by atoms with E-state index in [2.05, 4.69) is 10.2 Å². The highest BCUT2D eigenvalue weighted by atomic mass is 35.5. The SMILES string of the molecule is Cl.O=C(c1ccco1)N1CCN(CC2CCNCC2)CC1. The summed E-state index contributed by atoms with van der Waals surface area (Å²) in [5, 5.41) is 3.41. The van der Waals surface area contributed by atoms with E-state index >= 15 is 0 Å². The van der Waals surface area contributed by atoms with Crippen molar-refractivity contribution in [2.24, 2.45) is 5.92 Å². The maximum Gasteiger partial charge on any atom is 0.289 e. The molecule has 1 aromatic heterocycles. The van der Waals surface area contributed by atoms with Crippen LogP contribution < -0.4 is 5.32 Å². The molecule has 0 spiro atoms. The summed E-state index contributed by atoms with van der Waals surface area (Å²) < 4.78 is 5.19. The highest BCUT2D eigenvalue weighted by molar-refractivity contribution is 5.91. The van der Waals surface area contributed by atoms with Gasteiger partial charge < -0.3 is 14.6 Å². The summed E-state index contributed by atoms with van der Waals surface area (Å²) >= 11 is 0. The average molecular weight is 314 g/mol. The first-order chi connectivity index (χ1) is 9.83. The molecule has 0 bridgehead atoms. The van der Waals surface area contributed by atoms with Crippen molar-refractivity contribution in [1.82, 2.24) is 15.1 Å². The van der Waals surface area contributed by atoms with E-state index in [9.17, 15) is 4.79 Å². The predicted molar refractivity (Wildman–Crippen MR) is 83.9 cm³/mol. The highest BCUT2D eigenvalue weighted by Crippen LogP contribution is 2.15. The molecule has 118 valence electrons. The Kier molecular flexibility index (Phi) is 6.08. The van der Waals surface area contributed by atoms with Crippen LogP contribution in [0.5, 0.6) is 0 Å². The van der Waals surface area contributed by atoms with Crippen LogP contribution in [0.2, 0.25) is 0 Å². The van der Waals surface area contributed by atoms with Crippen LogP contribution in [-0.4, -0.2) is 61.5 Å². The van der Waals surface area contributed by atoms with Gasteiger partial charge in [0.1, 0.15) is 0 Å². The average Bonchev–Trinajstić information content (AvgIpc) is 3.03. The zero-order valence-corrected chi connectivity index (χ0v) is 13.1. The molecule has 0 aromatic carbocycles. The monoisotopic (exact) mass is 313 g/mol. The summed E-state index contributed by atoms with van der Waals surface area (Å²) in [5.74, 6) is 1.30. The molecule has 2 saturated heterocycles. The summed E-state index contributed by atoms with van der Waals surface area (Å²) in [6.07, 6.45) is 4.12. The van der Waals surface area contributed by atoms with Gasteiger partial charge in [-0.2, -0.15) is 0 Å².